The van der Waals surface area contributed by atoms with Gasteiger partial charge >= 0.3 is 11.9 Å². The van der Waals surface area contributed by atoms with Crippen LogP contribution in [0.4, 0.5) is 0 Å². The molecule has 0 amide bonds. The molecule has 0 aromatic heterocycles. The molecule has 1 N–H and O–H groups in total. The van der Waals surface area contributed by atoms with E-state index >= 15 is 0 Å². The average Bonchev–Trinajstić information content (AvgIpc) is 2.50. The Morgan fingerprint density at radius 1 is 1.47 bits per heavy atom. The first kappa shape index (κ1) is 14.1. The molecule has 1 fully saturated rings. The van der Waals surface area contributed by atoms with Crippen molar-refractivity contribution in [3.05, 3.63) is 0 Å². The normalized spacial score (nSPS) is 22.6. The Kier molecular flexibility index (Phi) is 4.64. The molecule has 1 aliphatic heterocycles. The number of unbranched alkanes of at least 4 members (excludes halogenated alkanes) is 1. The molecule has 1 rings (SSSR count). The molecule has 0 radical (unpaired) electrons. The van der Waals surface area contributed by atoms with Crippen molar-refractivity contribution in [3.8, 4) is 0 Å². The van der Waals surface area contributed by atoms with Crippen LogP contribution in [0.15, 0.2) is 0 Å². The molecule has 7 heteroatoms. The highest BCUT2D eigenvalue weighted by Crippen LogP contribution is 2.25. The summed E-state index contributed by atoms with van der Waals surface area (Å²) in [7, 11) is -4.18. The minimum absolute atomic E-state index is 0.0522. The van der Waals surface area contributed by atoms with Gasteiger partial charge in [-0.3, -0.25) is 14.1 Å². The van der Waals surface area contributed by atoms with Crippen LogP contribution in [0.3, 0.4) is 0 Å². The Morgan fingerprint density at radius 2 is 2.12 bits per heavy atom. The standard InChI is InChI=1S/C10H16O6S/c1-2-3-4-8(17(13,14)15)5-7-6-9(11)16-10(7)12/h7-8H,2-6H2,1H3,(H,13,14,15). The lowest BCUT2D eigenvalue weighted by molar-refractivity contribution is -0.153. The van der Waals surface area contributed by atoms with Gasteiger partial charge in [0.05, 0.1) is 17.6 Å². The zero-order chi connectivity index (χ0) is 13.1. The van der Waals surface area contributed by atoms with E-state index in [1.807, 2.05) is 6.92 Å². The monoisotopic (exact) mass is 264 g/mol. The Labute approximate surface area is 100 Å². The molecule has 0 saturated carbocycles. The van der Waals surface area contributed by atoms with E-state index in [1.54, 1.807) is 0 Å². The van der Waals surface area contributed by atoms with E-state index in [0.717, 1.165) is 6.42 Å². The fourth-order valence-corrected chi connectivity index (χ4v) is 2.78. The van der Waals surface area contributed by atoms with Gasteiger partial charge in [0.25, 0.3) is 10.1 Å². The van der Waals surface area contributed by atoms with Gasteiger partial charge in [0.1, 0.15) is 0 Å². The summed E-state index contributed by atoms with van der Waals surface area (Å²) in [5, 5.41) is -0.995. The molecule has 0 bridgehead atoms. The molecule has 1 aliphatic rings. The molecule has 1 heterocycles. The number of rotatable bonds is 6. The van der Waals surface area contributed by atoms with E-state index in [2.05, 4.69) is 4.74 Å². The zero-order valence-corrected chi connectivity index (χ0v) is 10.4. The lowest BCUT2D eigenvalue weighted by atomic mass is 9.99. The second-order valence-corrected chi connectivity index (χ2v) is 5.91. The van der Waals surface area contributed by atoms with Crippen LogP contribution in [-0.4, -0.2) is 30.2 Å². The summed E-state index contributed by atoms with van der Waals surface area (Å²) in [6.07, 6.45) is 1.56. The Morgan fingerprint density at radius 3 is 2.53 bits per heavy atom. The van der Waals surface area contributed by atoms with Gasteiger partial charge in [-0.05, 0) is 12.8 Å². The highest BCUT2D eigenvalue weighted by atomic mass is 32.2. The summed E-state index contributed by atoms with van der Waals surface area (Å²) in [4.78, 5) is 22.1. The number of carbonyl (C=O) groups is 2. The van der Waals surface area contributed by atoms with Crippen molar-refractivity contribution in [2.45, 2.75) is 44.3 Å². The first-order chi connectivity index (χ1) is 7.84. The predicted octanol–water partition coefficient (Wildman–Crippen LogP) is 0.913. The lowest BCUT2D eigenvalue weighted by Gasteiger charge is -2.14. The first-order valence-electron chi connectivity index (χ1n) is 5.55. The largest absolute Gasteiger partial charge is 0.393 e. The second kappa shape index (κ2) is 5.59. The Balaban J connectivity index is 2.66. The van der Waals surface area contributed by atoms with Crippen molar-refractivity contribution in [2.75, 3.05) is 0 Å². The molecule has 0 aromatic rings. The van der Waals surface area contributed by atoms with Crippen molar-refractivity contribution in [2.24, 2.45) is 5.92 Å². The van der Waals surface area contributed by atoms with Gasteiger partial charge < -0.3 is 4.74 Å². The van der Waals surface area contributed by atoms with E-state index in [4.69, 9.17) is 4.55 Å². The third-order valence-corrected chi connectivity index (χ3v) is 4.08. The summed E-state index contributed by atoms with van der Waals surface area (Å²) in [6, 6.07) is 0. The van der Waals surface area contributed by atoms with Gasteiger partial charge in [0.2, 0.25) is 0 Å². The van der Waals surface area contributed by atoms with Crippen LogP contribution in [0, 0.1) is 5.92 Å². The van der Waals surface area contributed by atoms with Crippen molar-refractivity contribution >= 4 is 22.1 Å². The number of ether oxygens (including phenoxy) is 1. The molecule has 0 spiro atoms. The molecule has 0 aliphatic carbocycles. The fourth-order valence-electron chi connectivity index (χ4n) is 1.84. The molecule has 98 valence electrons. The maximum atomic E-state index is 11.2. The average molecular weight is 264 g/mol. The van der Waals surface area contributed by atoms with Gasteiger partial charge in [-0.2, -0.15) is 8.42 Å². The van der Waals surface area contributed by atoms with Gasteiger partial charge in [0.15, 0.2) is 0 Å². The van der Waals surface area contributed by atoms with E-state index in [9.17, 15) is 18.0 Å². The number of carbonyl (C=O) groups excluding carboxylic acids is 2. The quantitative estimate of drug-likeness (QED) is 0.435. The summed E-state index contributed by atoms with van der Waals surface area (Å²) >= 11 is 0. The van der Waals surface area contributed by atoms with Crippen LogP contribution in [0.25, 0.3) is 0 Å². The van der Waals surface area contributed by atoms with Gasteiger partial charge in [-0.15, -0.1) is 0 Å². The molecular formula is C10H16O6S. The maximum Gasteiger partial charge on any atom is 0.317 e. The van der Waals surface area contributed by atoms with E-state index in [0.29, 0.717) is 6.42 Å². The second-order valence-electron chi connectivity index (χ2n) is 4.21. The van der Waals surface area contributed by atoms with Gasteiger partial charge in [0, 0.05) is 0 Å². The van der Waals surface area contributed by atoms with Crippen molar-refractivity contribution in [1.82, 2.24) is 0 Å². The van der Waals surface area contributed by atoms with Gasteiger partial charge in [-0.1, -0.05) is 19.8 Å². The fraction of sp³-hybridized carbons (Fsp3) is 0.800. The van der Waals surface area contributed by atoms with E-state index < -0.39 is 33.2 Å². The van der Waals surface area contributed by atoms with Crippen LogP contribution in [0.2, 0.25) is 0 Å². The summed E-state index contributed by atoms with van der Waals surface area (Å²) in [5.41, 5.74) is 0. The molecule has 0 aromatic carbocycles. The molecule has 1 saturated heterocycles. The summed E-state index contributed by atoms with van der Waals surface area (Å²) < 4.78 is 35.7. The third-order valence-electron chi connectivity index (χ3n) is 2.81. The van der Waals surface area contributed by atoms with Crippen LogP contribution in [0.1, 0.15) is 39.0 Å². The van der Waals surface area contributed by atoms with Crippen LogP contribution in [-0.2, 0) is 24.4 Å². The van der Waals surface area contributed by atoms with Crippen molar-refractivity contribution in [3.63, 3.8) is 0 Å². The van der Waals surface area contributed by atoms with E-state index in [-0.39, 0.29) is 19.3 Å². The SMILES string of the molecule is CCCCC(CC1CC(=O)OC1=O)S(=O)(=O)O. The Hall–Kier alpha value is -0.950. The lowest BCUT2D eigenvalue weighted by Crippen LogP contribution is -2.25. The first-order valence-corrected chi connectivity index (χ1v) is 7.05. The molecule has 2 atom stereocenters. The van der Waals surface area contributed by atoms with Crippen molar-refractivity contribution < 1.29 is 27.3 Å². The number of hydrogen-bond acceptors (Lipinski definition) is 5. The summed E-state index contributed by atoms with van der Waals surface area (Å²) in [6.45, 7) is 1.90. The van der Waals surface area contributed by atoms with Crippen LogP contribution >= 0.6 is 0 Å². The minimum atomic E-state index is -4.18. The number of cyclic esters (lactones) is 2. The van der Waals surface area contributed by atoms with Gasteiger partial charge in [-0.25, -0.2) is 0 Å². The molecule has 17 heavy (non-hydrogen) atoms. The highest BCUT2D eigenvalue weighted by molar-refractivity contribution is 7.86. The predicted molar refractivity (Wildman–Crippen MR) is 58.7 cm³/mol. The third kappa shape index (κ3) is 4.08. The van der Waals surface area contributed by atoms with Crippen LogP contribution in [0.5, 0.6) is 0 Å². The number of esters is 2. The van der Waals surface area contributed by atoms with Crippen LogP contribution < -0.4 is 0 Å². The number of hydrogen-bond donors (Lipinski definition) is 1. The molecular weight excluding hydrogens is 248 g/mol. The van der Waals surface area contributed by atoms with E-state index in [1.165, 1.54) is 0 Å². The topological polar surface area (TPSA) is 97.7 Å². The molecule has 2 unspecified atom stereocenters. The molecule has 6 nitrogen and oxygen atoms in total. The highest BCUT2D eigenvalue weighted by Gasteiger charge is 2.37. The van der Waals surface area contributed by atoms with Crippen molar-refractivity contribution in [1.29, 1.82) is 0 Å². The Bertz CT molecular complexity index is 399. The smallest absolute Gasteiger partial charge is 0.317 e. The zero-order valence-electron chi connectivity index (χ0n) is 9.59. The minimum Gasteiger partial charge on any atom is -0.393 e. The summed E-state index contributed by atoms with van der Waals surface area (Å²) in [5.74, 6) is -2.07. The maximum absolute atomic E-state index is 11.2.